The lowest BCUT2D eigenvalue weighted by Crippen LogP contribution is -1.94. The first-order valence-electron chi connectivity index (χ1n) is 5.98. The number of hydrogen-bond donors (Lipinski definition) is 0. The molecule has 0 amide bonds. The number of rotatable bonds is 1. The molecule has 2 aromatic heterocycles. The van der Waals surface area contributed by atoms with Crippen LogP contribution in [0.3, 0.4) is 0 Å². The molecule has 2 nitrogen and oxygen atoms in total. The van der Waals surface area contributed by atoms with Crippen LogP contribution in [-0.2, 0) is 6.54 Å². The van der Waals surface area contributed by atoms with Gasteiger partial charge in [0.1, 0.15) is 10.3 Å². The Morgan fingerprint density at radius 1 is 1.24 bits per heavy atom. The van der Waals surface area contributed by atoms with Crippen LogP contribution >= 0.6 is 11.3 Å². The van der Waals surface area contributed by atoms with Crippen molar-refractivity contribution in [2.45, 2.75) is 34.2 Å². The van der Waals surface area contributed by atoms with Gasteiger partial charge in [0, 0.05) is 11.9 Å². The van der Waals surface area contributed by atoms with Gasteiger partial charge in [-0.25, -0.2) is 4.98 Å². The third kappa shape index (κ3) is 1.42. The molecule has 2 heterocycles. The van der Waals surface area contributed by atoms with Crippen molar-refractivity contribution in [1.29, 1.82) is 0 Å². The molecule has 1 aromatic carbocycles. The zero-order valence-electron chi connectivity index (χ0n) is 10.7. The third-order valence-electron chi connectivity index (χ3n) is 3.25. The highest BCUT2D eigenvalue weighted by Crippen LogP contribution is 2.34. The second kappa shape index (κ2) is 3.57. The molecule has 0 saturated carbocycles. The average molecular weight is 244 g/mol. The van der Waals surface area contributed by atoms with Crippen LogP contribution in [0.1, 0.15) is 23.1 Å². The first-order chi connectivity index (χ1) is 8.11. The van der Waals surface area contributed by atoms with E-state index in [0.717, 1.165) is 11.6 Å². The van der Waals surface area contributed by atoms with E-state index in [-0.39, 0.29) is 0 Å². The number of benzene rings is 1. The molecule has 0 fully saturated rings. The van der Waals surface area contributed by atoms with E-state index in [1.54, 1.807) is 11.3 Å². The number of aromatic nitrogens is 2. The predicted octanol–water partition coefficient (Wildman–Crippen LogP) is 4.20. The molecule has 0 radical (unpaired) electrons. The van der Waals surface area contributed by atoms with Crippen LogP contribution in [0.15, 0.2) is 12.1 Å². The Kier molecular flexibility index (Phi) is 2.26. The molecule has 88 valence electrons. The lowest BCUT2D eigenvalue weighted by Gasteiger charge is -2.05. The van der Waals surface area contributed by atoms with Crippen LogP contribution < -0.4 is 0 Å². The van der Waals surface area contributed by atoms with Crippen molar-refractivity contribution < 1.29 is 0 Å². The van der Waals surface area contributed by atoms with Crippen molar-refractivity contribution >= 4 is 32.6 Å². The molecular weight excluding hydrogens is 228 g/mol. The molecule has 3 heteroatoms. The van der Waals surface area contributed by atoms with Crippen LogP contribution in [0.5, 0.6) is 0 Å². The average Bonchev–Trinajstić information content (AvgIpc) is 2.74. The van der Waals surface area contributed by atoms with Gasteiger partial charge in [-0.3, -0.25) is 0 Å². The molecular formula is C14H16N2S. The first-order valence-corrected chi connectivity index (χ1v) is 6.80. The van der Waals surface area contributed by atoms with Gasteiger partial charge in [0.05, 0.1) is 10.5 Å². The lowest BCUT2D eigenvalue weighted by molar-refractivity contribution is 0.830. The molecule has 3 rings (SSSR count). The van der Waals surface area contributed by atoms with Gasteiger partial charge >= 0.3 is 0 Å². The van der Waals surface area contributed by atoms with Gasteiger partial charge in [0.15, 0.2) is 0 Å². The van der Waals surface area contributed by atoms with Crippen molar-refractivity contribution in [3.05, 3.63) is 28.3 Å². The number of fused-ring (bicyclic) bond motifs is 3. The minimum Gasteiger partial charge on any atom is -0.331 e. The number of hydrogen-bond acceptors (Lipinski definition) is 2. The smallest absolute Gasteiger partial charge is 0.124 e. The predicted molar refractivity (Wildman–Crippen MR) is 75.0 cm³/mol. The number of nitrogens with zero attached hydrogens (tertiary/aromatic N) is 2. The van der Waals surface area contributed by atoms with E-state index in [9.17, 15) is 0 Å². The number of aryl methyl sites for hydroxylation is 4. The van der Waals surface area contributed by atoms with E-state index < -0.39 is 0 Å². The zero-order chi connectivity index (χ0) is 12.2. The van der Waals surface area contributed by atoms with E-state index in [0.29, 0.717) is 0 Å². The summed E-state index contributed by atoms with van der Waals surface area (Å²) in [6.45, 7) is 9.64. The van der Waals surface area contributed by atoms with Gasteiger partial charge in [0.2, 0.25) is 0 Å². The van der Waals surface area contributed by atoms with Gasteiger partial charge in [0.25, 0.3) is 0 Å². The summed E-state index contributed by atoms with van der Waals surface area (Å²) < 4.78 is 2.39. The highest BCUT2D eigenvalue weighted by Gasteiger charge is 2.15. The molecule has 0 aliphatic carbocycles. The van der Waals surface area contributed by atoms with Crippen molar-refractivity contribution in [2.24, 2.45) is 0 Å². The maximum Gasteiger partial charge on any atom is 0.124 e. The Balaban J connectivity index is 2.60. The largest absolute Gasteiger partial charge is 0.331 e. The Bertz CT molecular complexity index is 719. The van der Waals surface area contributed by atoms with Crippen molar-refractivity contribution in [1.82, 2.24) is 9.55 Å². The molecule has 0 bridgehead atoms. The normalized spacial score (nSPS) is 11.8. The van der Waals surface area contributed by atoms with Gasteiger partial charge in [-0.1, -0.05) is 11.6 Å². The zero-order valence-corrected chi connectivity index (χ0v) is 11.5. The molecule has 3 aromatic rings. The number of thiazole rings is 1. The molecule has 0 aliphatic heterocycles. The lowest BCUT2D eigenvalue weighted by atomic mass is 10.1. The molecule has 0 atom stereocenters. The van der Waals surface area contributed by atoms with Crippen molar-refractivity contribution in [3.63, 3.8) is 0 Å². The maximum absolute atomic E-state index is 4.69. The maximum atomic E-state index is 4.69. The first kappa shape index (κ1) is 10.8. The SMILES string of the molecule is CCn1c2sc(C)nc2c2cc(C)cc(C)c21. The van der Waals surface area contributed by atoms with Gasteiger partial charge < -0.3 is 4.57 Å². The van der Waals surface area contributed by atoms with Crippen molar-refractivity contribution in [3.8, 4) is 0 Å². The highest BCUT2D eigenvalue weighted by molar-refractivity contribution is 7.18. The second-order valence-electron chi connectivity index (χ2n) is 4.61. The van der Waals surface area contributed by atoms with Gasteiger partial charge in [-0.2, -0.15) is 0 Å². The topological polar surface area (TPSA) is 17.8 Å². The summed E-state index contributed by atoms with van der Waals surface area (Å²) in [6.07, 6.45) is 0. The fourth-order valence-corrected chi connectivity index (χ4v) is 3.68. The molecule has 0 spiro atoms. The van der Waals surface area contributed by atoms with Crippen LogP contribution in [0.25, 0.3) is 21.3 Å². The minimum absolute atomic E-state index is 1.01. The van der Waals surface area contributed by atoms with E-state index in [1.807, 2.05) is 0 Å². The standard InChI is InChI=1S/C14H16N2S/c1-5-16-13-9(3)6-8(2)7-11(13)12-14(16)17-10(4)15-12/h6-7H,5H2,1-4H3. The van der Waals surface area contributed by atoms with Gasteiger partial charge in [-0.05, 0) is 39.3 Å². The van der Waals surface area contributed by atoms with Crippen LogP contribution in [0, 0.1) is 20.8 Å². The van der Waals surface area contributed by atoms with Crippen LogP contribution in [0.4, 0.5) is 0 Å². The Morgan fingerprint density at radius 2 is 2.00 bits per heavy atom. The van der Waals surface area contributed by atoms with E-state index in [4.69, 9.17) is 0 Å². The van der Waals surface area contributed by atoms with E-state index in [2.05, 4.69) is 49.4 Å². The Morgan fingerprint density at radius 3 is 2.71 bits per heavy atom. The fraction of sp³-hybridized carbons (Fsp3) is 0.357. The summed E-state index contributed by atoms with van der Waals surface area (Å²) in [6, 6.07) is 4.51. The summed E-state index contributed by atoms with van der Waals surface area (Å²) in [5, 5.41) is 2.46. The third-order valence-corrected chi connectivity index (χ3v) is 4.24. The summed E-state index contributed by atoms with van der Waals surface area (Å²) in [5.74, 6) is 0. The van der Waals surface area contributed by atoms with Gasteiger partial charge in [-0.15, -0.1) is 11.3 Å². The summed E-state index contributed by atoms with van der Waals surface area (Å²) in [4.78, 5) is 6.00. The minimum atomic E-state index is 1.01. The summed E-state index contributed by atoms with van der Waals surface area (Å²) in [7, 11) is 0. The molecule has 0 N–H and O–H groups in total. The summed E-state index contributed by atoms with van der Waals surface area (Å²) in [5.41, 5.74) is 5.20. The molecule has 0 unspecified atom stereocenters. The monoisotopic (exact) mass is 244 g/mol. The second-order valence-corrected chi connectivity index (χ2v) is 5.79. The van der Waals surface area contributed by atoms with E-state index in [1.165, 1.54) is 32.4 Å². The quantitative estimate of drug-likeness (QED) is 0.627. The molecule has 0 aliphatic rings. The Hall–Kier alpha value is -1.35. The molecule has 0 saturated heterocycles. The Labute approximate surface area is 105 Å². The summed E-state index contributed by atoms with van der Waals surface area (Å²) >= 11 is 1.80. The highest BCUT2D eigenvalue weighted by atomic mass is 32.1. The van der Waals surface area contributed by atoms with E-state index >= 15 is 0 Å². The molecule has 17 heavy (non-hydrogen) atoms. The fourth-order valence-electron chi connectivity index (χ4n) is 2.68. The van der Waals surface area contributed by atoms with Crippen molar-refractivity contribution in [2.75, 3.05) is 0 Å². The van der Waals surface area contributed by atoms with Crippen LogP contribution in [-0.4, -0.2) is 9.55 Å². The van der Waals surface area contributed by atoms with Crippen LogP contribution in [0.2, 0.25) is 0 Å².